The van der Waals surface area contributed by atoms with E-state index in [4.69, 9.17) is 0 Å². The summed E-state index contributed by atoms with van der Waals surface area (Å²) in [6.45, 7) is 55.6. The molecule has 0 rings (SSSR count). The molecule has 204 valence electrons. The first-order valence-corrected chi connectivity index (χ1v) is 24.4. The minimum absolute atomic E-state index is 0.434. The highest BCUT2D eigenvalue weighted by atomic mass is 28.3. The maximum atomic E-state index is 2.48. The van der Waals surface area contributed by atoms with Crippen molar-refractivity contribution in [1.29, 1.82) is 0 Å². The minimum Gasteiger partial charge on any atom is -0.0694 e. The summed E-state index contributed by atoms with van der Waals surface area (Å²) < 4.78 is 0. The van der Waals surface area contributed by atoms with Gasteiger partial charge in [-0.25, -0.2) is 0 Å². The molecule has 0 saturated carbocycles. The summed E-state index contributed by atoms with van der Waals surface area (Å²) in [5.41, 5.74) is 1.81. The van der Waals surface area contributed by atoms with Gasteiger partial charge in [0.1, 0.15) is 0 Å². The fourth-order valence-corrected chi connectivity index (χ4v) is 7.37. The Bertz CT molecular complexity index is 537. The van der Waals surface area contributed by atoms with Crippen LogP contribution in [-0.2, 0) is 0 Å². The SMILES string of the molecule is CC(C(C)(C)C)C(C)(C)[Si](C)(C)C.CC(C)C(C)(C)C(C)(C)[Si](C)(C)C.CC(C)[Si](C)(C)C. The molecule has 0 amide bonds. The van der Waals surface area contributed by atoms with E-state index >= 15 is 0 Å². The molecular weight excluding hydrogens is 445 g/mol. The van der Waals surface area contributed by atoms with E-state index in [0.717, 1.165) is 17.4 Å². The summed E-state index contributed by atoms with van der Waals surface area (Å²) in [5, 5.41) is 1.01. The van der Waals surface area contributed by atoms with Crippen LogP contribution in [0.5, 0.6) is 0 Å². The molecule has 3 heteroatoms. The third-order valence-corrected chi connectivity index (χ3v) is 23.1. The second kappa shape index (κ2) is 12.3. The van der Waals surface area contributed by atoms with Gasteiger partial charge in [0.25, 0.3) is 0 Å². The van der Waals surface area contributed by atoms with Crippen LogP contribution in [0.3, 0.4) is 0 Å². The Morgan fingerprint density at radius 1 is 0.485 bits per heavy atom. The minimum atomic E-state index is -1.08. The Morgan fingerprint density at radius 2 is 0.758 bits per heavy atom. The van der Waals surface area contributed by atoms with Crippen molar-refractivity contribution in [3.63, 3.8) is 0 Å². The molecule has 1 atom stereocenters. The van der Waals surface area contributed by atoms with Crippen LogP contribution in [0.2, 0.25) is 74.5 Å². The Kier molecular flexibility index (Phi) is 14.2. The van der Waals surface area contributed by atoms with Gasteiger partial charge >= 0.3 is 0 Å². The lowest BCUT2D eigenvalue weighted by molar-refractivity contribution is 0.171. The Labute approximate surface area is 217 Å². The molecule has 0 aliphatic heterocycles. The first-order chi connectivity index (χ1) is 13.8. The maximum Gasteiger partial charge on any atom is 0.0505 e. The summed E-state index contributed by atoms with van der Waals surface area (Å²) in [5.74, 6) is 1.54. The van der Waals surface area contributed by atoms with Crippen molar-refractivity contribution in [3.8, 4) is 0 Å². The molecule has 0 spiro atoms. The molecule has 1 unspecified atom stereocenters. The highest BCUT2D eigenvalue weighted by Crippen LogP contribution is 2.55. The molecule has 33 heavy (non-hydrogen) atoms. The molecule has 0 bridgehead atoms. The molecule has 0 fully saturated rings. The van der Waals surface area contributed by atoms with Gasteiger partial charge in [0.2, 0.25) is 0 Å². The topological polar surface area (TPSA) is 0 Å². The normalized spacial score (nSPS) is 15.5. The van der Waals surface area contributed by atoms with Crippen molar-refractivity contribution in [1.82, 2.24) is 0 Å². The van der Waals surface area contributed by atoms with E-state index in [0.29, 0.717) is 20.9 Å². The molecule has 0 heterocycles. The molecule has 0 aromatic rings. The quantitative estimate of drug-likeness (QED) is 0.308. The predicted octanol–water partition coefficient (Wildman–Crippen LogP) is 12.3. The van der Waals surface area contributed by atoms with Gasteiger partial charge in [-0.3, -0.25) is 0 Å². The summed E-state index contributed by atoms with van der Waals surface area (Å²) in [4.78, 5) is 0. The Balaban J connectivity index is -0.000000429. The van der Waals surface area contributed by atoms with Gasteiger partial charge in [0.05, 0.1) is 16.1 Å². The van der Waals surface area contributed by atoms with Crippen molar-refractivity contribution in [2.45, 2.75) is 171 Å². The van der Waals surface area contributed by atoms with Gasteiger partial charge in [-0.2, -0.15) is 0 Å². The van der Waals surface area contributed by atoms with Crippen LogP contribution in [-0.4, -0.2) is 24.2 Å². The van der Waals surface area contributed by atoms with Gasteiger partial charge in [-0.1, -0.05) is 161 Å². The highest BCUT2D eigenvalue weighted by molar-refractivity contribution is 6.79. The van der Waals surface area contributed by atoms with Crippen LogP contribution in [0.1, 0.15) is 96.9 Å². The van der Waals surface area contributed by atoms with Crippen LogP contribution < -0.4 is 0 Å². The van der Waals surface area contributed by atoms with Crippen LogP contribution >= 0.6 is 0 Å². The van der Waals surface area contributed by atoms with Crippen LogP contribution in [0.4, 0.5) is 0 Å². The molecule has 0 radical (unpaired) electrons. The molecule has 0 aliphatic rings. The molecule has 0 nitrogen and oxygen atoms in total. The molecule has 0 aromatic heterocycles. The lowest BCUT2D eigenvalue weighted by Gasteiger charge is -2.52. The number of hydrogen-bond acceptors (Lipinski definition) is 0. The third kappa shape index (κ3) is 11.5. The second-order valence-electron chi connectivity index (χ2n) is 17.3. The number of rotatable bonds is 6. The largest absolute Gasteiger partial charge is 0.0694 e. The molecule has 0 aliphatic carbocycles. The van der Waals surface area contributed by atoms with Gasteiger partial charge in [-0.15, -0.1) is 0 Å². The lowest BCUT2D eigenvalue weighted by atomic mass is 9.71. The molecule has 0 saturated heterocycles. The van der Waals surface area contributed by atoms with Crippen molar-refractivity contribution in [2.75, 3.05) is 0 Å². The van der Waals surface area contributed by atoms with Crippen molar-refractivity contribution < 1.29 is 0 Å². The summed E-state index contributed by atoms with van der Waals surface area (Å²) in [6.07, 6.45) is 0. The summed E-state index contributed by atoms with van der Waals surface area (Å²) in [7, 11) is -2.88. The van der Waals surface area contributed by atoms with Gasteiger partial charge in [0.15, 0.2) is 0 Å². The Hall–Kier alpha value is 0.651. The standard InChI is InChI=1S/2C12H28Si.C6H16Si/c1-10(11(2,3)4)12(5,6)13(7,8)9;1-10(2)11(3,4)12(5,6)13(7,8)9;1-6(2)7(3,4)5/h2*10H,1-9H3;6H,1-5H3. The first-order valence-electron chi connectivity index (χ1n) is 13.8. The molecular formula is C30H72Si3. The van der Waals surface area contributed by atoms with Gasteiger partial charge in [-0.05, 0) is 32.7 Å². The fraction of sp³-hybridized carbons (Fsp3) is 1.00. The van der Waals surface area contributed by atoms with Crippen molar-refractivity contribution >= 4 is 24.2 Å². The average molecular weight is 517 g/mol. The highest BCUT2D eigenvalue weighted by Gasteiger charge is 2.47. The maximum absolute atomic E-state index is 2.48. The molecule has 0 N–H and O–H groups in total. The molecule has 0 aromatic carbocycles. The van der Waals surface area contributed by atoms with E-state index in [1.54, 1.807) is 0 Å². The smallest absolute Gasteiger partial charge is 0.0505 e. The zero-order valence-corrected chi connectivity index (χ0v) is 31.2. The van der Waals surface area contributed by atoms with Gasteiger partial charge < -0.3 is 0 Å². The van der Waals surface area contributed by atoms with E-state index in [1.807, 2.05) is 0 Å². The Morgan fingerprint density at radius 3 is 0.818 bits per heavy atom. The average Bonchev–Trinajstić information content (AvgIpc) is 2.50. The van der Waals surface area contributed by atoms with E-state index in [2.05, 4.69) is 156 Å². The van der Waals surface area contributed by atoms with Crippen molar-refractivity contribution in [3.05, 3.63) is 0 Å². The van der Waals surface area contributed by atoms with E-state index in [1.165, 1.54) is 0 Å². The summed E-state index contributed by atoms with van der Waals surface area (Å²) in [6, 6.07) is 0. The van der Waals surface area contributed by atoms with Crippen LogP contribution in [0.25, 0.3) is 0 Å². The predicted molar refractivity (Wildman–Crippen MR) is 170 cm³/mol. The second-order valence-corrected chi connectivity index (χ2v) is 34.8. The monoisotopic (exact) mass is 516 g/mol. The van der Waals surface area contributed by atoms with Crippen molar-refractivity contribution in [2.24, 2.45) is 22.7 Å². The van der Waals surface area contributed by atoms with E-state index < -0.39 is 24.2 Å². The summed E-state index contributed by atoms with van der Waals surface area (Å²) >= 11 is 0. The fourth-order valence-electron chi connectivity index (χ4n) is 3.42. The van der Waals surface area contributed by atoms with E-state index in [9.17, 15) is 0 Å². The zero-order chi connectivity index (χ0) is 28.2. The zero-order valence-electron chi connectivity index (χ0n) is 28.2. The van der Waals surface area contributed by atoms with Crippen LogP contribution in [0.15, 0.2) is 0 Å². The third-order valence-electron chi connectivity index (χ3n) is 11.0. The van der Waals surface area contributed by atoms with Crippen LogP contribution in [0, 0.1) is 22.7 Å². The van der Waals surface area contributed by atoms with E-state index in [-0.39, 0.29) is 0 Å². The number of hydrogen-bond donors (Lipinski definition) is 0. The lowest BCUT2D eigenvalue weighted by Crippen LogP contribution is -2.47. The van der Waals surface area contributed by atoms with Gasteiger partial charge in [0, 0.05) is 8.07 Å². The first kappa shape index (κ1) is 38.2.